The van der Waals surface area contributed by atoms with Crippen molar-refractivity contribution in [3.63, 3.8) is 0 Å². The van der Waals surface area contributed by atoms with Gasteiger partial charge in [-0.2, -0.15) is 0 Å². The van der Waals surface area contributed by atoms with Crippen LogP contribution in [0.4, 0.5) is 5.69 Å². The van der Waals surface area contributed by atoms with Gasteiger partial charge in [-0.1, -0.05) is 0 Å². The molecule has 0 bridgehead atoms. The van der Waals surface area contributed by atoms with Crippen LogP contribution in [0.5, 0.6) is 5.75 Å². The van der Waals surface area contributed by atoms with Crippen molar-refractivity contribution in [2.75, 3.05) is 18.5 Å². The molecule has 1 unspecified atom stereocenters. The number of fused-ring (bicyclic) bond motifs is 1. The molecule has 106 valence electrons. The molecule has 2 aliphatic rings. The number of rotatable bonds is 4. The van der Waals surface area contributed by atoms with Crippen LogP contribution in [-0.2, 0) is 4.79 Å². The first-order valence-electron chi connectivity index (χ1n) is 6.74. The maximum Gasteiger partial charge on any atom is 0.262 e. The molecule has 20 heavy (non-hydrogen) atoms. The molecular formula is C14H17N3O3. The van der Waals surface area contributed by atoms with E-state index < -0.39 is 0 Å². The van der Waals surface area contributed by atoms with Gasteiger partial charge >= 0.3 is 0 Å². The zero-order valence-electron chi connectivity index (χ0n) is 11.0. The van der Waals surface area contributed by atoms with E-state index in [0.29, 0.717) is 29.5 Å². The van der Waals surface area contributed by atoms with Gasteiger partial charge in [-0.05, 0) is 37.0 Å². The van der Waals surface area contributed by atoms with Crippen molar-refractivity contribution in [2.24, 2.45) is 11.7 Å². The van der Waals surface area contributed by atoms with Gasteiger partial charge in [0.05, 0.1) is 5.69 Å². The van der Waals surface area contributed by atoms with Crippen molar-refractivity contribution in [2.45, 2.75) is 18.9 Å². The topological polar surface area (TPSA) is 93.4 Å². The van der Waals surface area contributed by atoms with Crippen LogP contribution in [0.2, 0.25) is 0 Å². The third kappa shape index (κ3) is 2.75. The molecule has 0 spiro atoms. The number of amides is 2. The van der Waals surface area contributed by atoms with Crippen LogP contribution in [0.15, 0.2) is 18.2 Å². The molecule has 1 saturated carbocycles. The van der Waals surface area contributed by atoms with Crippen molar-refractivity contribution < 1.29 is 14.3 Å². The molecule has 6 nitrogen and oxygen atoms in total. The summed E-state index contributed by atoms with van der Waals surface area (Å²) in [6, 6.07) is 4.99. The Bertz CT molecular complexity index is 555. The van der Waals surface area contributed by atoms with E-state index in [2.05, 4.69) is 10.6 Å². The highest BCUT2D eigenvalue weighted by Gasteiger charge is 2.28. The number of nitrogens with two attached hydrogens (primary N) is 1. The Labute approximate surface area is 116 Å². The van der Waals surface area contributed by atoms with Crippen LogP contribution in [0.25, 0.3) is 0 Å². The van der Waals surface area contributed by atoms with E-state index in [4.69, 9.17) is 10.5 Å². The third-order valence-corrected chi connectivity index (χ3v) is 3.60. The van der Waals surface area contributed by atoms with Crippen molar-refractivity contribution in [3.8, 4) is 5.75 Å². The fourth-order valence-corrected chi connectivity index (χ4v) is 2.22. The summed E-state index contributed by atoms with van der Waals surface area (Å²) in [7, 11) is 0. The zero-order chi connectivity index (χ0) is 14.1. The molecule has 1 aliphatic heterocycles. The molecule has 0 radical (unpaired) electrons. The van der Waals surface area contributed by atoms with Gasteiger partial charge in [0.1, 0.15) is 5.75 Å². The minimum Gasteiger partial charge on any atom is -0.482 e. The van der Waals surface area contributed by atoms with E-state index in [1.807, 2.05) is 0 Å². The predicted octanol–water partition coefficient (Wildman–Crippen LogP) is 0.485. The number of hydrogen-bond donors (Lipinski definition) is 3. The summed E-state index contributed by atoms with van der Waals surface area (Å²) in [5.74, 6) is 0.704. The molecule has 2 amide bonds. The average molecular weight is 275 g/mol. The molecule has 1 atom stereocenters. The van der Waals surface area contributed by atoms with Gasteiger partial charge < -0.3 is 21.1 Å². The molecule has 1 aliphatic carbocycles. The predicted molar refractivity (Wildman–Crippen MR) is 73.6 cm³/mol. The highest BCUT2D eigenvalue weighted by Crippen LogP contribution is 2.31. The Balaban J connectivity index is 1.64. The van der Waals surface area contributed by atoms with Gasteiger partial charge in [0.25, 0.3) is 11.8 Å². The summed E-state index contributed by atoms with van der Waals surface area (Å²) < 4.78 is 5.28. The summed E-state index contributed by atoms with van der Waals surface area (Å²) in [4.78, 5) is 23.2. The second-order valence-corrected chi connectivity index (χ2v) is 5.26. The first kappa shape index (κ1) is 12.9. The van der Waals surface area contributed by atoms with Crippen LogP contribution in [0.3, 0.4) is 0 Å². The molecule has 3 rings (SSSR count). The van der Waals surface area contributed by atoms with Crippen molar-refractivity contribution in [3.05, 3.63) is 23.8 Å². The fraction of sp³-hybridized carbons (Fsp3) is 0.429. The van der Waals surface area contributed by atoms with Crippen molar-refractivity contribution in [1.82, 2.24) is 5.32 Å². The lowest BCUT2D eigenvalue weighted by Crippen LogP contribution is -2.38. The van der Waals surface area contributed by atoms with Crippen LogP contribution in [0, 0.1) is 5.92 Å². The number of benzene rings is 1. The van der Waals surface area contributed by atoms with Crippen LogP contribution in [0.1, 0.15) is 23.2 Å². The van der Waals surface area contributed by atoms with Gasteiger partial charge in [-0.3, -0.25) is 9.59 Å². The van der Waals surface area contributed by atoms with Gasteiger partial charge in [-0.25, -0.2) is 0 Å². The molecule has 1 aromatic rings. The Kier molecular flexibility index (Phi) is 3.31. The number of anilines is 1. The third-order valence-electron chi connectivity index (χ3n) is 3.60. The quantitative estimate of drug-likeness (QED) is 0.745. The van der Waals surface area contributed by atoms with Gasteiger partial charge in [-0.15, -0.1) is 0 Å². The lowest BCUT2D eigenvalue weighted by atomic mass is 10.1. The normalized spacial score (nSPS) is 18.6. The van der Waals surface area contributed by atoms with E-state index in [0.717, 1.165) is 12.8 Å². The number of ether oxygens (including phenoxy) is 1. The SMILES string of the molecule is NC(CNC(=O)c1ccc2c(c1)OCC(=O)N2)C1CC1. The highest BCUT2D eigenvalue weighted by atomic mass is 16.5. The second kappa shape index (κ2) is 5.13. The van der Waals surface area contributed by atoms with Crippen LogP contribution in [-0.4, -0.2) is 31.0 Å². The minimum absolute atomic E-state index is 0.0232. The number of nitrogens with one attached hydrogen (secondary N) is 2. The van der Waals surface area contributed by atoms with E-state index in [9.17, 15) is 9.59 Å². The van der Waals surface area contributed by atoms with E-state index >= 15 is 0 Å². The largest absolute Gasteiger partial charge is 0.482 e. The average Bonchev–Trinajstić information content (AvgIpc) is 3.28. The molecule has 1 heterocycles. The summed E-state index contributed by atoms with van der Waals surface area (Å²) >= 11 is 0. The maximum atomic E-state index is 12.0. The Morgan fingerprint density at radius 3 is 3.05 bits per heavy atom. The Morgan fingerprint density at radius 1 is 1.50 bits per heavy atom. The standard InChI is InChI=1S/C14H17N3O3/c15-10(8-1-2-8)6-16-14(19)9-3-4-11-12(5-9)20-7-13(18)17-11/h3-5,8,10H,1-2,6-7,15H2,(H,16,19)(H,17,18). The van der Waals surface area contributed by atoms with Crippen LogP contribution < -0.4 is 21.1 Å². The molecule has 0 aromatic heterocycles. The van der Waals surface area contributed by atoms with Gasteiger partial charge in [0, 0.05) is 18.2 Å². The Hall–Kier alpha value is -2.08. The first-order chi connectivity index (χ1) is 9.63. The summed E-state index contributed by atoms with van der Waals surface area (Å²) in [5, 5.41) is 5.51. The second-order valence-electron chi connectivity index (χ2n) is 5.26. The van der Waals surface area contributed by atoms with E-state index in [1.165, 1.54) is 0 Å². The molecule has 1 aromatic carbocycles. The number of carbonyl (C=O) groups excluding carboxylic acids is 2. The van der Waals surface area contributed by atoms with E-state index in [-0.39, 0.29) is 24.5 Å². The summed E-state index contributed by atoms with van der Waals surface area (Å²) in [6.07, 6.45) is 2.31. The molecule has 4 N–H and O–H groups in total. The van der Waals surface area contributed by atoms with Crippen LogP contribution >= 0.6 is 0 Å². The van der Waals surface area contributed by atoms with Gasteiger partial charge in [0.2, 0.25) is 0 Å². The fourth-order valence-electron chi connectivity index (χ4n) is 2.22. The molecule has 1 fully saturated rings. The lowest BCUT2D eigenvalue weighted by Gasteiger charge is -2.18. The summed E-state index contributed by atoms with van der Waals surface area (Å²) in [5.41, 5.74) is 7.04. The minimum atomic E-state index is -0.190. The molecular weight excluding hydrogens is 258 g/mol. The number of hydrogen-bond acceptors (Lipinski definition) is 4. The van der Waals surface area contributed by atoms with E-state index in [1.54, 1.807) is 18.2 Å². The number of carbonyl (C=O) groups is 2. The maximum absolute atomic E-state index is 12.0. The molecule has 6 heteroatoms. The molecule has 0 saturated heterocycles. The Morgan fingerprint density at radius 2 is 2.30 bits per heavy atom. The van der Waals surface area contributed by atoms with Crippen molar-refractivity contribution >= 4 is 17.5 Å². The monoisotopic (exact) mass is 275 g/mol. The highest BCUT2D eigenvalue weighted by molar-refractivity contribution is 5.98. The zero-order valence-corrected chi connectivity index (χ0v) is 11.0. The summed E-state index contributed by atoms with van der Waals surface area (Å²) in [6.45, 7) is 0.461. The van der Waals surface area contributed by atoms with Crippen molar-refractivity contribution in [1.29, 1.82) is 0 Å². The lowest BCUT2D eigenvalue weighted by molar-refractivity contribution is -0.118. The first-order valence-corrected chi connectivity index (χ1v) is 6.74. The van der Waals surface area contributed by atoms with Gasteiger partial charge in [0.15, 0.2) is 6.61 Å². The smallest absolute Gasteiger partial charge is 0.262 e.